The number of hydrogen-bond acceptors (Lipinski definition) is 3. The smallest absolute Gasteiger partial charge is 0.314 e. The van der Waals surface area contributed by atoms with Gasteiger partial charge in [-0.05, 0) is 49.6 Å². The van der Waals surface area contributed by atoms with Crippen molar-refractivity contribution in [3.05, 3.63) is 0 Å². The highest BCUT2D eigenvalue weighted by Gasteiger charge is 2.53. The van der Waals surface area contributed by atoms with Crippen LogP contribution in [0.3, 0.4) is 0 Å². The van der Waals surface area contributed by atoms with Gasteiger partial charge < -0.3 is 4.74 Å². The topological polar surface area (TPSA) is 34.0 Å². The van der Waals surface area contributed by atoms with Crippen LogP contribution in [0.4, 0.5) is 0 Å². The van der Waals surface area contributed by atoms with Gasteiger partial charge in [0.2, 0.25) is 0 Å². The first-order valence-electron chi connectivity index (χ1n) is 4.53. The SMILES string of the molecule is ClC1(OC23CCC(CC2)C3)N=N1. The molecule has 0 aromatic carbocycles. The predicted molar refractivity (Wildman–Crippen MR) is 43.8 cm³/mol. The number of alkyl halides is 1. The standard InChI is InChI=1S/C8H11ClN2O/c9-8(10-11-8)12-7-3-1-6(5-7)2-4-7/h6H,1-5H2. The summed E-state index contributed by atoms with van der Waals surface area (Å²) in [5.41, 5.74) is 0.0376. The molecule has 3 nitrogen and oxygen atoms in total. The van der Waals surface area contributed by atoms with E-state index in [0.717, 1.165) is 18.8 Å². The Morgan fingerprint density at radius 1 is 1.25 bits per heavy atom. The second-order valence-corrected chi connectivity index (χ2v) is 4.65. The highest BCUT2D eigenvalue weighted by atomic mass is 35.5. The van der Waals surface area contributed by atoms with Crippen molar-refractivity contribution in [2.45, 2.75) is 43.0 Å². The first-order chi connectivity index (χ1) is 5.70. The van der Waals surface area contributed by atoms with E-state index in [0.29, 0.717) is 0 Å². The van der Waals surface area contributed by atoms with Gasteiger partial charge in [-0.1, -0.05) is 0 Å². The van der Waals surface area contributed by atoms with Gasteiger partial charge in [0, 0.05) is 0 Å². The molecule has 2 fully saturated rings. The van der Waals surface area contributed by atoms with E-state index in [9.17, 15) is 0 Å². The quantitative estimate of drug-likeness (QED) is 0.482. The van der Waals surface area contributed by atoms with Crippen molar-refractivity contribution < 1.29 is 4.74 Å². The molecule has 3 aliphatic rings. The van der Waals surface area contributed by atoms with Gasteiger partial charge in [-0.25, -0.2) is 0 Å². The van der Waals surface area contributed by atoms with Crippen molar-refractivity contribution in [1.29, 1.82) is 0 Å². The molecule has 0 spiro atoms. The molecule has 0 aromatic rings. The first-order valence-corrected chi connectivity index (χ1v) is 4.91. The fourth-order valence-electron chi connectivity index (χ4n) is 2.64. The van der Waals surface area contributed by atoms with E-state index in [1.807, 2.05) is 0 Å². The summed E-state index contributed by atoms with van der Waals surface area (Å²) < 4.78 is 5.72. The monoisotopic (exact) mass is 186 g/mol. The third-order valence-corrected chi connectivity index (χ3v) is 3.51. The van der Waals surface area contributed by atoms with Crippen molar-refractivity contribution in [1.82, 2.24) is 0 Å². The van der Waals surface area contributed by atoms with Gasteiger partial charge in [0.1, 0.15) is 0 Å². The molecule has 2 bridgehead atoms. The maximum Gasteiger partial charge on any atom is 0.375 e. The number of ether oxygens (including phenoxy) is 1. The van der Waals surface area contributed by atoms with Crippen LogP contribution in [-0.4, -0.2) is 10.9 Å². The molecule has 0 radical (unpaired) electrons. The normalized spacial score (nSPS) is 46.9. The lowest BCUT2D eigenvalue weighted by molar-refractivity contribution is -0.0744. The van der Waals surface area contributed by atoms with Gasteiger partial charge >= 0.3 is 5.31 Å². The second-order valence-electron chi connectivity index (χ2n) is 4.16. The van der Waals surface area contributed by atoms with Gasteiger partial charge in [0.15, 0.2) is 0 Å². The first kappa shape index (κ1) is 7.27. The van der Waals surface area contributed by atoms with Gasteiger partial charge in [0.25, 0.3) is 0 Å². The van der Waals surface area contributed by atoms with Gasteiger partial charge in [-0.15, -0.1) is 10.2 Å². The van der Waals surface area contributed by atoms with E-state index in [1.165, 1.54) is 19.3 Å². The second kappa shape index (κ2) is 2.02. The average Bonchev–Trinajstić information content (AvgIpc) is 2.51. The number of nitrogens with zero attached hydrogens (tertiary/aromatic N) is 2. The Morgan fingerprint density at radius 3 is 2.33 bits per heavy atom. The molecule has 0 N–H and O–H groups in total. The van der Waals surface area contributed by atoms with Crippen LogP contribution in [0.15, 0.2) is 10.2 Å². The molecular weight excluding hydrogens is 176 g/mol. The molecule has 2 aliphatic carbocycles. The fraction of sp³-hybridized carbons (Fsp3) is 1.00. The molecule has 3 rings (SSSR count). The molecule has 0 saturated heterocycles. The molecule has 0 unspecified atom stereocenters. The fourth-order valence-corrected chi connectivity index (χ4v) is 2.84. The van der Waals surface area contributed by atoms with Crippen molar-refractivity contribution in [2.24, 2.45) is 16.1 Å². The van der Waals surface area contributed by atoms with Crippen molar-refractivity contribution in [3.8, 4) is 0 Å². The molecule has 1 heterocycles. The van der Waals surface area contributed by atoms with Crippen LogP contribution in [-0.2, 0) is 4.74 Å². The number of halogens is 1. The molecule has 12 heavy (non-hydrogen) atoms. The Labute approximate surface area is 76.1 Å². The van der Waals surface area contributed by atoms with Gasteiger partial charge in [-0.2, -0.15) is 0 Å². The van der Waals surface area contributed by atoms with Crippen LogP contribution in [0, 0.1) is 5.92 Å². The zero-order valence-electron chi connectivity index (χ0n) is 6.79. The van der Waals surface area contributed by atoms with Crippen LogP contribution >= 0.6 is 11.6 Å². The average molecular weight is 187 g/mol. The van der Waals surface area contributed by atoms with E-state index in [-0.39, 0.29) is 5.60 Å². The van der Waals surface area contributed by atoms with E-state index in [4.69, 9.17) is 16.3 Å². The number of fused-ring (bicyclic) bond motifs is 2. The summed E-state index contributed by atoms with van der Waals surface area (Å²) in [5, 5.41) is 6.38. The van der Waals surface area contributed by atoms with Gasteiger partial charge in [0.05, 0.1) is 5.60 Å². The Hall–Kier alpha value is -0.150. The van der Waals surface area contributed by atoms with E-state index >= 15 is 0 Å². The maximum absolute atomic E-state index is 5.86. The predicted octanol–water partition coefficient (Wildman–Crippen LogP) is 2.65. The van der Waals surface area contributed by atoms with Crippen LogP contribution < -0.4 is 0 Å². The number of rotatable bonds is 2. The lowest BCUT2D eigenvalue weighted by Crippen LogP contribution is -2.31. The molecule has 0 aromatic heterocycles. The number of hydrogen-bond donors (Lipinski definition) is 0. The highest BCUT2D eigenvalue weighted by molar-refractivity contribution is 6.23. The van der Waals surface area contributed by atoms with E-state index < -0.39 is 5.31 Å². The Balaban J connectivity index is 1.74. The third kappa shape index (κ3) is 0.995. The summed E-state index contributed by atoms with van der Waals surface area (Å²) in [6.07, 6.45) is 6.07. The zero-order valence-corrected chi connectivity index (χ0v) is 7.55. The lowest BCUT2D eigenvalue weighted by Gasteiger charge is -2.27. The summed E-state index contributed by atoms with van der Waals surface area (Å²) in [4.78, 5) is 0. The molecular formula is C8H11ClN2O. The van der Waals surface area contributed by atoms with Gasteiger partial charge in [-0.3, -0.25) is 0 Å². The zero-order chi connectivity index (χ0) is 8.23. The van der Waals surface area contributed by atoms with Crippen molar-refractivity contribution in [2.75, 3.05) is 0 Å². The van der Waals surface area contributed by atoms with Crippen LogP contribution in [0.5, 0.6) is 0 Å². The minimum absolute atomic E-state index is 0.0376. The summed E-state index contributed by atoms with van der Waals surface area (Å²) >= 11 is 5.86. The Kier molecular flexibility index (Phi) is 1.22. The summed E-state index contributed by atoms with van der Waals surface area (Å²) in [6.45, 7) is 0. The Bertz CT molecular complexity index is 239. The minimum atomic E-state index is -0.973. The van der Waals surface area contributed by atoms with Crippen LogP contribution in [0.1, 0.15) is 32.1 Å². The molecule has 66 valence electrons. The molecule has 4 heteroatoms. The van der Waals surface area contributed by atoms with Crippen molar-refractivity contribution >= 4 is 11.6 Å². The molecule has 0 amide bonds. The summed E-state index contributed by atoms with van der Waals surface area (Å²) in [6, 6.07) is 0. The van der Waals surface area contributed by atoms with Crippen molar-refractivity contribution in [3.63, 3.8) is 0 Å². The highest BCUT2D eigenvalue weighted by Crippen LogP contribution is 2.54. The third-order valence-electron chi connectivity index (χ3n) is 3.28. The minimum Gasteiger partial charge on any atom is -0.314 e. The molecule has 0 atom stereocenters. The van der Waals surface area contributed by atoms with Crippen LogP contribution in [0.2, 0.25) is 0 Å². The van der Waals surface area contributed by atoms with Crippen LogP contribution in [0.25, 0.3) is 0 Å². The van der Waals surface area contributed by atoms with E-state index in [2.05, 4.69) is 10.2 Å². The molecule has 2 saturated carbocycles. The Morgan fingerprint density at radius 2 is 1.92 bits per heavy atom. The summed E-state index contributed by atoms with van der Waals surface area (Å²) in [7, 11) is 0. The lowest BCUT2D eigenvalue weighted by atomic mass is 9.97. The largest absolute Gasteiger partial charge is 0.375 e. The maximum atomic E-state index is 5.86. The van der Waals surface area contributed by atoms with E-state index in [1.54, 1.807) is 0 Å². The molecule has 1 aliphatic heterocycles. The summed E-state index contributed by atoms with van der Waals surface area (Å²) in [5.74, 6) is 0.879.